The summed E-state index contributed by atoms with van der Waals surface area (Å²) >= 11 is 1.15. The number of carbonyl (C=O) groups excluding carboxylic acids is 1. The van der Waals surface area contributed by atoms with E-state index >= 15 is 0 Å². The van der Waals surface area contributed by atoms with Crippen LogP contribution < -0.4 is 24.4 Å². The highest BCUT2D eigenvalue weighted by molar-refractivity contribution is 7.07. The first-order valence-electron chi connectivity index (χ1n) is 12.5. The van der Waals surface area contributed by atoms with Gasteiger partial charge in [0, 0.05) is 35.4 Å². The summed E-state index contributed by atoms with van der Waals surface area (Å²) in [4.78, 5) is 42.7. The third-order valence-electron chi connectivity index (χ3n) is 6.49. The van der Waals surface area contributed by atoms with Crippen LogP contribution in [0.15, 0.2) is 80.1 Å². The van der Waals surface area contributed by atoms with Crippen molar-refractivity contribution in [3.63, 3.8) is 0 Å². The molecule has 0 saturated carbocycles. The number of carbonyl (C=O) groups is 1. The van der Waals surface area contributed by atoms with Gasteiger partial charge in [-0.15, -0.1) is 0 Å². The Morgan fingerprint density at radius 2 is 1.98 bits per heavy atom. The average molecular weight is 576 g/mol. The van der Waals surface area contributed by atoms with E-state index in [1.807, 2.05) is 0 Å². The number of thiazole rings is 1. The third-order valence-corrected chi connectivity index (χ3v) is 7.48. The van der Waals surface area contributed by atoms with Crippen molar-refractivity contribution < 1.29 is 28.3 Å². The molecule has 5 rings (SSSR count). The first kappa shape index (κ1) is 27.6. The summed E-state index contributed by atoms with van der Waals surface area (Å²) in [5.41, 5.74) is 1.28. The molecule has 2 aromatic carbocycles. The molecule has 0 aliphatic carbocycles. The van der Waals surface area contributed by atoms with Gasteiger partial charge in [-0.25, -0.2) is 9.79 Å². The lowest BCUT2D eigenvalue weighted by Gasteiger charge is -2.26. The number of methoxy groups -OCH3 is 2. The minimum Gasteiger partial charge on any atom is -0.497 e. The van der Waals surface area contributed by atoms with E-state index in [9.17, 15) is 19.7 Å². The molecule has 3 heterocycles. The SMILES string of the molecule is CCOC(=O)C1=C(C)N=c2s/c(=C\c3ccc(-c4cccc([N+](=O)[O-])c4)o3)c(=O)n2[C@H]1c1ccc(OC)cc1OC. The molecule has 1 atom stereocenters. The highest BCUT2D eigenvalue weighted by Gasteiger charge is 2.35. The molecule has 0 amide bonds. The molecule has 0 radical (unpaired) electrons. The van der Waals surface area contributed by atoms with E-state index < -0.39 is 16.9 Å². The zero-order valence-electron chi connectivity index (χ0n) is 22.6. The van der Waals surface area contributed by atoms with Gasteiger partial charge in [0.05, 0.1) is 41.6 Å². The van der Waals surface area contributed by atoms with Crippen molar-refractivity contribution >= 4 is 29.1 Å². The molecule has 210 valence electrons. The molecule has 11 nitrogen and oxygen atoms in total. The van der Waals surface area contributed by atoms with E-state index in [1.165, 1.54) is 30.9 Å². The van der Waals surface area contributed by atoms with E-state index in [4.69, 9.17) is 18.6 Å². The topological polar surface area (TPSA) is 135 Å². The van der Waals surface area contributed by atoms with Gasteiger partial charge < -0.3 is 18.6 Å². The number of nitro groups is 1. The number of benzene rings is 2. The lowest BCUT2D eigenvalue weighted by molar-refractivity contribution is -0.384. The molecule has 4 aromatic rings. The van der Waals surface area contributed by atoms with Gasteiger partial charge in [0.1, 0.15) is 29.1 Å². The van der Waals surface area contributed by atoms with Crippen molar-refractivity contribution in [1.29, 1.82) is 0 Å². The van der Waals surface area contributed by atoms with E-state index in [2.05, 4.69) is 4.99 Å². The van der Waals surface area contributed by atoms with Gasteiger partial charge in [0.15, 0.2) is 4.80 Å². The Bertz CT molecular complexity index is 1880. The number of esters is 1. The van der Waals surface area contributed by atoms with Crippen LogP contribution in [0.2, 0.25) is 0 Å². The molecule has 0 saturated heterocycles. The van der Waals surface area contributed by atoms with Crippen LogP contribution in [0.25, 0.3) is 17.4 Å². The Hall–Kier alpha value is -4.97. The number of ether oxygens (including phenoxy) is 3. The van der Waals surface area contributed by atoms with Crippen molar-refractivity contribution in [3.05, 3.63) is 107 Å². The number of non-ortho nitro benzene ring substituents is 1. The first-order valence-corrected chi connectivity index (χ1v) is 13.3. The molecule has 0 spiro atoms. The van der Waals surface area contributed by atoms with E-state index in [0.717, 1.165) is 11.3 Å². The van der Waals surface area contributed by atoms with Crippen LogP contribution in [0.4, 0.5) is 5.69 Å². The highest BCUT2D eigenvalue weighted by Crippen LogP contribution is 2.37. The second-order valence-electron chi connectivity index (χ2n) is 8.92. The molecular weight excluding hydrogens is 550 g/mol. The Balaban J connectivity index is 1.65. The highest BCUT2D eigenvalue weighted by atomic mass is 32.1. The van der Waals surface area contributed by atoms with Gasteiger partial charge in [0.25, 0.3) is 11.2 Å². The number of furan rings is 1. The lowest BCUT2D eigenvalue weighted by atomic mass is 9.95. The maximum atomic E-state index is 13.9. The number of fused-ring (bicyclic) bond motifs is 1. The second-order valence-corrected chi connectivity index (χ2v) is 9.93. The third kappa shape index (κ3) is 5.16. The minimum atomic E-state index is -0.870. The van der Waals surface area contributed by atoms with Gasteiger partial charge in [-0.05, 0) is 38.1 Å². The Morgan fingerprint density at radius 3 is 2.68 bits per heavy atom. The fourth-order valence-electron chi connectivity index (χ4n) is 4.62. The zero-order valence-corrected chi connectivity index (χ0v) is 23.4. The van der Waals surface area contributed by atoms with Gasteiger partial charge in [-0.3, -0.25) is 19.5 Å². The normalized spacial score (nSPS) is 14.8. The summed E-state index contributed by atoms with van der Waals surface area (Å²) in [5.74, 6) is 1.17. The number of nitrogens with zero attached hydrogens (tertiary/aromatic N) is 3. The quantitative estimate of drug-likeness (QED) is 0.175. The fraction of sp³-hybridized carbons (Fsp3) is 0.207. The van der Waals surface area contributed by atoms with Crippen molar-refractivity contribution in [1.82, 2.24) is 4.57 Å². The number of rotatable bonds is 8. The summed E-state index contributed by atoms with van der Waals surface area (Å²) in [6, 6.07) is 13.7. The first-order chi connectivity index (χ1) is 19.7. The fourth-order valence-corrected chi connectivity index (χ4v) is 5.64. The van der Waals surface area contributed by atoms with Crippen LogP contribution in [-0.2, 0) is 9.53 Å². The second kappa shape index (κ2) is 11.3. The smallest absolute Gasteiger partial charge is 0.338 e. The summed E-state index contributed by atoms with van der Waals surface area (Å²) in [5, 5.41) is 11.2. The summed E-state index contributed by atoms with van der Waals surface area (Å²) in [6.07, 6.45) is 1.58. The molecule has 2 aromatic heterocycles. The monoisotopic (exact) mass is 575 g/mol. The van der Waals surface area contributed by atoms with Crippen molar-refractivity contribution in [2.24, 2.45) is 4.99 Å². The molecule has 1 aliphatic rings. The van der Waals surface area contributed by atoms with Crippen LogP contribution in [0, 0.1) is 10.1 Å². The molecule has 1 aliphatic heterocycles. The Labute approximate surface area is 237 Å². The van der Waals surface area contributed by atoms with E-state index in [-0.39, 0.29) is 23.4 Å². The zero-order chi connectivity index (χ0) is 29.3. The maximum absolute atomic E-state index is 13.9. The molecule has 0 bridgehead atoms. The molecule has 0 unspecified atom stereocenters. The summed E-state index contributed by atoms with van der Waals surface area (Å²) in [7, 11) is 3.03. The maximum Gasteiger partial charge on any atom is 0.338 e. The molecular formula is C29H25N3O8S. The lowest BCUT2D eigenvalue weighted by Crippen LogP contribution is -2.40. The predicted molar refractivity (Wildman–Crippen MR) is 151 cm³/mol. The number of hydrogen-bond acceptors (Lipinski definition) is 10. The molecule has 0 fully saturated rings. The van der Waals surface area contributed by atoms with Gasteiger partial charge in [0.2, 0.25) is 0 Å². The standard InChI is InChI=1S/C29H25N3O8S/c1-5-39-28(34)25-16(2)30-29-31(26(25)21-11-9-19(37-3)14-23(21)38-4)27(33)24(41-29)15-20-10-12-22(40-20)17-7-6-8-18(13-17)32(35)36/h6-15,26H,5H2,1-4H3/b24-15-/t26-/m0/s1. The molecule has 12 heteroatoms. The average Bonchev–Trinajstić information content (AvgIpc) is 3.56. The summed E-state index contributed by atoms with van der Waals surface area (Å²) < 4.78 is 24.0. The van der Waals surface area contributed by atoms with Crippen molar-refractivity contribution in [2.75, 3.05) is 20.8 Å². The Morgan fingerprint density at radius 1 is 1.17 bits per heavy atom. The number of nitro benzene ring substituents is 1. The van der Waals surface area contributed by atoms with E-state index in [1.54, 1.807) is 62.4 Å². The minimum absolute atomic E-state index is 0.0597. The van der Waals surface area contributed by atoms with Crippen LogP contribution in [0.3, 0.4) is 0 Å². The number of allylic oxidation sites excluding steroid dienone is 1. The van der Waals surface area contributed by atoms with Gasteiger partial charge in [-0.1, -0.05) is 23.5 Å². The Kier molecular flexibility index (Phi) is 7.58. The van der Waals surface area contributed by atoms with Crippen LogP contribution in [0.5, 0.6) is 11.5 Å². The largest absolute Gasteiger partial charge is 0.497 e. The van der Waals surface area contributed by atoms with Crippen LogP contribution in [0.1, 0.15) is 31.2 Å². The van der Waals surface area contributed by atoms with Crippen molar-refractivity contribution in [2.45, 2.75) is 19.9 Å². The van der Waals surface area contributed by atoms with Crippen LogP contribution >= 0.6 is 11.3 Å². The number of hydrogen-bond donors (Lipinski definition) is 0. The molecule has 41 heavy (non-hydrogen) atoms. The van der Waals surface area contributed by atoms with Gasteiger partial charge in [-0.2, -0.15) is 0 Å². The summed E-state index contributed by atoms with van der Waals surface area (Å²) in [6.45, 7) is 3.55. The molecule has 0 N–H and O–H groups in total. The van der Waals surface area contributed by atoms with Crippen molar-refractivity contribution in [3.8, 4) is 22.8 Å². The van der Waals surface area contributed by atoms with Gasteiger partial charge >= 0.3 is 5.97 Å². The van der Waals surface area contributed by atoms with E-state index in [0.29, 0.717) is 49.2 Å². The van der Waals surface area contributed by atoms with Crippen LogP contribution in [-0.4, -0.2) is 36.3 Å². The number of aromatic nitrogens is 1. The predicted octanol–water partition coefficient (Wildman–Crippen LogP) is 3.98.